The van der Waals surface area contributed by atoms with Crippen LogP contribution in [0.25, 0.3) is 0 Å². The molecule has 0 heterocycles. The van der Waals surface area contributed by atoms with Gasteiger partial charge < -0.3 is 4.55 Å². The van der Waals surface area contributed by atoms with Gasteiger partial charge in [-0.2, -0.15) is 13.2 Å². The van der Waals surface area contributed by atoms with Gasteiger partial charge in [0.25, 0.3) is 0 Å². The number of halogens is 4. The Morgan fingerprint density at radius 3 is 1.85 bits per heavy atom. The third kappa shape index (κ3) is 6.45. The standard InChI is InChI=1S/C8H7F3OS.C6H5Br/c9-8(10,11)7-3-1-6(2-4-7)5-13-12;7-6-4-2-1-3-5-6/h1-4,12H,5H2;1-5H. The molecule has 0 aliphatic rings. The van der Waals surface area contributed by atoms with E-state index in [4.69, 9.17) is 4.55 Å². The SMILES string of the molecule is Brc1ccccc1.OSCc1ccc(C(F)(F)F)cc1. The van der Waals surface area contributed by atoms with Gasteiger partial charge >= 0.3 is 6.18 Å². The predicted molar refractivity (Wildman–Crippen MR) is 79.5 cm³/mol. The molecule has 0 radical (unpaired) electrons. The van der Waals surface area contributed by atoms with Crippen LogP contribution in [0, 0.1) is 0 Å². The molecule has 20 heavy (non-hydrogen) atoms. The molecule has 108 valence electrons. The van der Waals surface area contributed by atoms with Gasteiger partial charge in [-0.15, -0.1) is 0 Å². The normalized spacial score (nSPS) is 10.7. The highest BCUT2D eigenvalue weighted by Gasteiger charge is 2.29. The first-order valence-corrected chi connectivity index (χ1v) is 7.30. The molecule has 1 nitrogen and oxygen atoms in total. The Morgan fingerprint density at radius 1 is 0.950 bits per heavy atom. The second-order valence-corrected chi connectivity index (χ2v) is 5.23. The molecule has 0 amide bonds. The summed E-state index contributed by atoms with van der Waals surface area (Å²) in [6, 6.07) is 14.7. The average molecular weight is 365 g/mol. The summed E-state index contributed by atoms with van der Waals surface area (Å²) in [6.45, 7) is 0. The van der Waals surface area contributed by atoms with Crippen LogP contribution in [0.5, 0.6) is 0 Å². The molecule has 1 N–H and O–H groups in total. The molecule has 2 rings (SSSR count). The number of rotatable bonds is 2. The molecule has 2 aromatic rings. The Kier molecular flexibility index (Phi) is 7.12. The minimum atomic E-state index is -4.29. The number of benzene rings is 2. The molecule has 0 aliphatic heterocycles. The topological polar surface area (TPSA) is 20.2 Å². The maximum Gasteiger partial charge on any atom is 0.416 e. The van der Waals surface area contributed by atoms with Crippen molar-refractivity contribution in [3.8, 4) is 0 Å². The average Bonchev–Trinajstić information content (AvgIpc) is 2.40. The Labute approximate surface area is 128 Å². The maximum atomic E-state index is 12.1. The summed E-state index contributed by atoms with van der Waals surface area (Å²) in [5, 5.41) is 0. The molecule has 0 unspecified atom stereocenters. The molecule has 0 saturated heterocycles. The van der Waals surface area contributed by atoms with Gasteiger partial charge in [0.2, 0.25) is 0 Å². The fourth-order valence-corrected chi connectivity index (χ4v) is 1.93. The van der Waals surface area contributed by atoms with E-state index in [1.54, 1.807) is 0 Å². The number of hydrogen-bond acceptors (Lipinski definition) is 2. The monoisotopic (exact) mass is 364 g/mol. The van der Waals surface area contributed by atoms with E-state index in [1.165, 1.54) is 12.1 Å². The molecule has 2 aromatic carbocycles. The lowest BCUT2D eigenvalue weighted by Gasteiger charge is -2.06. The molecular formula is C14H12BrF3OS. The fourth-order valence-electron chi connectivity index (χ4n) is 1.28. The van der Waals surface area contributed by atoms with Gasteiger partial charge in [-0.05, 0) is 41.9 Å². The van der Waals surface area contributed by atoms with Crippen LogP contribution >= 0.6 is 28.0 Å². The van der Waals surface area contributed by atoms with Crippen molar-refractivity contribution in [2.24, 2.45) is 0 Å². The van der Waals surface area contributed by atoms with Crippen molar-refractivity contribution in [3.05, 3.63) is 70.2 Å². The zero-order valence-electron chi connectivity index (χ0n) is 10.3. The molecule has 0 atom stereocenters. The molecule has 0 bridgehead atoms. The predicted octanol–water partition coefficient (Wildman–Crippen LogP) is 5.86. The molecular weight excluding hydrogens is 353 g/mol. The summed E-state index contributed by atoms with van der Waals surface area (Å²) in [5.41, 5.74) is -0.000287. The van der Waals surface area contributed by atoms with E-state index in [-0.39, 0.29) is 0 Å². The lowest BCUT2D eigenvalue weighted by Crippen LogP contribution is -2.04. The Bertz CT molecular complexity index is 500. The van der Waals surface area contributed by atoms with Crippen molar-refractivity contribution >= 4 is 28.0 Å². The van der Waals surface area contributed by atoms with Crippen molar-refractivity contribution in [3.63, 3.8) is 0 Å². The molecule has 0 aromatic heterocycles. The Balaban J connectivity index is 0.000000240. The Hall–Kier alpha value is -0.980. The van der Waals surface area contributed by atoms with Crippen LogP contribution in [0.2, 0.25) is 0 Å². The van der Waals surface area contributed by atoms with E-state index < -0.39 is 11.7 Å². The summed E-state index contributed by atoms with van der Waals surface area (Å²) in [4.78, 5) is 0. The van der Waals surface area contributed by atoms with Crippen LogP contribution < -0.4 is 0 Å². The molecule has 0 spiro atoms. The van der Waals surface area contributed by atoms with E-state index in [0.29, 0.717) is 23.4 Å². The van der Waals surface area contributed by atoms with Crippen molar-refractivity contribution in [2.45, 2.75) is 11.9 Å². The molecule has 0 fully saturated rings. The first-order chi connectivity index (χ1) is 9.43. The number of alkyl halides is 3. The van der Waals surface area contributed by atoms with Crippen LogP contribution in [0.3, 0.4) is 0 Å². The first kappa shape index (κ1) is 17.1. The minimum absolute atomic E-state index is 0.304. The van der Waals surface area contributed by atoms with Crippen LogP contribution in [0.4, 0.5) is 13.2 Å². The van der Waals surface area contributed by atoms with Gasteiger partial charge in [0.15, 0.2) is 0 Å². The smallest absolute Gasteiger partial charge is 0.330 e. The molecule has 0 aliphatic carbocycles. The highest BCUT2D eigenvalue weighted by molar-refractivity contribution is 9.10. The zero-order chi connectivity index (χ0) is 15.0. The third-order valence-electron chi connectivity index (χ3n) is 2.25. The van der Waals surface area contributed by atoms with Crippen molar-refractivity contribution in [2.75, 3.05) is 0 Å². The van der Waals surface area contributed by atoms with Crippen LogP contribution in [0.1, 0.15) is 11.1 Å². The van der Waals surface area contributed by atoms with E-state index in [1.807, 2.05) is 30.3 Å². The van der Waals surface area contributed by atoms with Crippen LogP contribution in [0.15, 0.2) is 59.1 Å². The van der Waals surface area contributed by atoms with Gasteiger partial charge in [0.1, 0.15) is 0 Å². The second-order valence-electron chi connectivity index (χ2n) is 3.76. The minimum Gasteiger partial charge on any atom is -0.330 e. The maximum absolute atomic E-state index is 12.1. The lowest BCUT2D eigenvalue weighted by molar-refractivity contribution is -0.137. The number of hydrogen-bond donors (Lipinski definition) is 1. The van der Waals surface area contributed by atoms with Gasteiger partial charge in [0.05, 0.1) is 5.56 Å². The quantitative estimate of drug-likeness (QED) is 0.673. The zero-order valence-corrected chi connectivity index (χ0v) is 12.7. The summed E-state index contributed by atoms with van der Waals surface area (Å²) >= 11 is 3.90. The molecule has 0 saturated carbocycles. The fraction of sp³-hybridized carbons (Fsp3) is 0.143. The van der Waals surface area contributed by atoms with E-state index in [9.17, 15) is 13.2 Å². The second kappa shape index (κ2) is 8.34. The lowest BCUT2D eigenvalue weighted by atomic mass is 10.1. The summed E-state index contributed by atoms with van der Waals surface area (Å²) in [6.07, 6.45) is -4.29. The summed E-state index contributed by atoms with van der Waals surface area (Å²) < 4.78 is 45.7. The van der Waals surface area contributed by atoms with Crippen molar-refractivity contribution < 1.29 is 17.7 Å². The summed E-state index contributed by atoms with van der Waals surface area (Å²) in [7, 11) is 0. The van der Waals surface area contributed by atoms with Crippen molar-refractivity contribution in [1.29, 1.82) is 0 Å². The van der Waals surface area contributed by atoms with Crippen LogP contribution in [-0.4, -0.2) is 4.55 Å². The van der Waals surface area contributed by atoms with E-state index >= 15 is 0 Å². The van der Waals surface area contributed by atoms with Crippen LogP contribution in [-0.2, 0) is 11.9 Å². The third-order valence-corrected chi connectivity index (χ3v) is 3.24. The summed E-state index contributed by atoms with van der Waals surface area (Å²) in [5.74, 6) is 0.304. The largest absolute Gasteiger partial charge is 0.416 e. The van der Waals surface area contributed by atoms with Gasteiger partial charge in [-0.1, -0.05) is 46.3 Å². The van der Waals surface area contributed by atoms with Gasteiger partial charge in [-0.25, -0.2) is 0 Å². The first-order valence-electron chi connectivity index (χ1n) is 5.56. The van der Waals surface area contributed by atoms with Crippen molar-refractivity contribution in [1.82, 2.24) is 0 Å². The van der Waals surface area contributed by atoms with E-state index in [2.05, 4.69) is 15.9 Å². The highest BCUT2D eigenvalue weighted by Crippen LogP contribution is 2.29. The molecule has 6 heteroatoms. The Morgan fingerprint density at radius 2 is 1.50 bits per heavy atom. The highest BCUT2D eigenvalue weighted by atomic mass is 79.9. The van der Waals surface area contributed by atoms with Gasteiger partial charge in [-0.3, -0.25) is 0 Å². The van der Waals surface area contributed by atoms with E-state index in [0.717, 1.165) is 16.6 Å². The van der Waals surface area contributed by atoms with Gasteiger partial charge in [0, 0.05) is 10.2 Å².